The van der Waals surface area contributed by atoms with Gasteiger partial charge in [0.2, 0.25) is 0 Å². The van der Waals surface area contributed by atoms with E-state index in [0.29, 0.717) is 5.69 Å². The Bertz CT molecular complexity index is 594. The van der Waals surface area contributed by atoms with Crippen LogP contribution < -0.4 is 0 Å². The first-order chi connectivity index (χ1) is 7.13. The largest absolute Gasteiger partial charge is 0.477 e. The molecule has 0 saturated heterocycles. The summed E-state index contributed by atoms with van der Waals surface area (Å²) in [7, 11) is 0. The molecule has 0 atom stereocenters. The fourth-order valence-electron chi connectivity index (χ4n) is 1.32. The number of fused-ring (bicyclic) bond motifs is 1. The maximum atomic E-state index is 10.8. The zero-order valence-corrected chi connectivity index (χ0v) is 7.80. The van der Waals surface area contributed by atoms with E-state index in [-0.39, 0.29) is 16.9 Å². The smallest absolute Gasteiger partial charge is 0.341 e. The van der Waals surface area contributed by atoms with Crippen LogP contribution in [0.4, 0.5) is 0 Å². The van der Waals surface area contributed by atoms with Gasteiger partial charge in [-0.3, -0.25) is 0 Å². The number of carboxylic acid groups (broad SMARTS) is 1. The van der Waals surface area contributed by atoms with E-state index in [1.807, 2.05) is 6.07 Å². The predicted molar refractivity (Wildman–Crippen MR) is 49.4 cm³/mol. The molecule has 2 rings (SSSR count). The van der Waals surface area contributed by atoms with Crippen molar-refractivity contribution in [1.82, 2.24) is 14.6 Å². The monoisotopic (exact) mass is 202 g/mol. The number of carboxylic acids is 1. The molecule has 6 nitrogen and oxygen atoms in total. The van der Waals surface area contributed by atoms with Crippen LogP contribution in [0.15, 0.2) is 12.3 Å². The van der Waals surface area contributed by atoms with Crippen LogP contribution in [0.25, 0.3) is 5.65 Å². The van der Waals surface area contributed by atoms with E-state index in [2.05, 4.69) is 10.1 Å². The Morgan fingerprint density at radius 2 is 2.40 bits per heavy atom. The molecule has 0 aliphatic heterocycles. The quantitative estimate of drug-likeness (QED) is 0.731. The summed E-state index contributed by atoms with van der Waals surface area (Å²) >= 11 is 0. The third-order valence-corrected chi connectivity index (χ3v) is 1.99. The molecule has 2 aromatic heterocycles. The van der Waals surface area contributed by atoms with E-state index in [4.69, 9.17) is 10.4 Å². The minimum atomic E-state index is -1.10. The van der Waals surface area contributed by atoms with Gasteiger partial charge in [-0.15, -0.1) is 0 Å². The van der Waals surface area contributed by atoms with Crippen molar-refractivity contribution < 1.29 is 9.90 Å². The van der Waals surface area contributed by atoms with Gasteiger partial charge in [-0.05, 0) is 13.0 Å². The Morgan fingerprint density at radius 1 is 1.67 bits per heavy atom. The zero-order chi connectivity index (χ0) is 11.0. The lowest BCUT2D eigenvalue weighted by Crippen LogP contribution is -2.01. The second-order valence-electron chi connectivity index (χ2n) is 2.99. The lowest BCUT2D eigenvalue weighted by Gasteiger charge is -1.98. The SMILES string of the molecule is Cc1cc(C#N)nc2c(C(=O)O)cnn12. The highest BCUT2D eigenvalue weighted by Gasteiger charge is 2.14. The van der Waals surface area contributed by atoms with Crippen LogP contribution >= 0.6 is 0 Å². The first-order valence-corrected chi connectivity index (χ1v) is 4.12. The Balaban J connectivity index is 2.85. The molecular weight excluding hydrogens is 196 g/mol. The number of carbonyl (C=O) groups is 1. The van der Waals surface area contributed by atoms with E-state index in [1.54, 1.807) is 13.0 Å². The van der Waals surface area contributed by atoms with Crippen molar-refractivity contribution in [1.29, 1.82) is 5.26 Å². The van der Waals surface area contributed by atoms with E-state index in [1.165, 1.54) is 10.7 Å². The normalized spacial score (nSPS) is 10.1. The third-order valence-electron chi connectivity index (χ3n) is 1.99. The van der Waals surface area contributed by atoms with Gasteiger partial charge in [0.15, 0.2) is 5.65 Å². The van der Waals surface area contributed by atoms with Gasteiger partial charge in [-0.25, -0.2) is 14.3 Å². The van der Waals surface area contributed by atoms with E-state index in [0.717, 1.165) is 0 Å². The number of rotatable bonds is 1. The minimum Gasteiger partial charge on any atom is -0.477 e. The Morgan fingerprint density at radius 3 is 3.00 bits per heavy atom. The Labute approximate surface area is 84.4 Å². The van der Waals surface area contributed by atoms with Crippen LogP contribution in [0.1, 0.15) is 21.7 Å². The van der Waals surface area contributed by atoms with Gasteiger partial charge in [0.05, 0.1) is 6.20 Å². The maximum Gasteiger partial charge on any atom is 0.341 e. The first kappa shape index (κ1) is 9.15. The van der Waals surface area contributed by atoms with Crippen LogP contribution in [0.2, 0.25) is 0 Å². The summed E-state index contributed by atoms with van der Waals surface area (Å²) in [4.78, 5) is 14.7. The van der Waals surface area contributed by atoms with E-state index >= 15 is 0 Å². The van der Waals surface area contributed by atoms with Crippen LogP contribution in [0.5, 0.6) is 0 Å². The van der Waals surface area contributed by atoms with Crippen LogP contribution in [-0.2, 0) is 0 Å². The summed E-state index contributed by atoms with van der Waals surface area (Å²) in [5.74, 6) is -1.10. The number of hydrogen-bond donors (Lipinski definition) is 1. The molecule has 15 heavy (non-hydrogen) atoms. The molecule has 6 heteroatoms. The third kappa shape index (κ3) is 1.30. The first-order valence-electron chi connectivity index (χ1n) is 4.12. The molecule has 0 spiro atoms. The summed E-state index contributed by atoms with van der Waals surface area (Å²) in [5, 5.41) is 21.4. The highest BCUT2D eigenvalue weighted by atomic mass is 16.4. The molecule has 0 amide bonds. The lowest BCUT2D eigenvalue weighted by molar-refractivity contribution is 0.0699. The number of aromatic carboxylic acids is 1. The van der Waals surface area contributed by atoms with Gasteiger partial charge >= 0.3 is 5.97 Å². The number of nitriles is 1. The van der Waals surface area contributed by atoms with Crippen molar-refractivity contribution in [3.05, 3.63) is 29.2 Å². The number of hydrogen-bond acceptors (Lipinski definition) is 4. The second kappa shape index (κ2) is 3.06. The van der Waals surface area contributed by atoms with Crippen molar-refractivity contribution in [3.63, 3.8) is 0 Å². The highest BCUT2D eigenvalue weighted by molar-refractivity contribution is 5.94. The summed E-state index contributed by atoms with van der Waals surface area (Å²) in [5.41, 5.74) is 1.04. The van der Waals surface area contributed by atoms with E-state index < -0.39 is 5.97 Å². The summed E-state index contributed by atoms with van der Waals surface area (Å²) in [6.07, 6.45) is 1.22. The molecule has 0 aromatic carbocycles. The Hall–Kier alpha value is -2.42. The molecule has 0 radical (unpaired) electrons. The van der Waals surface area contributed by atoms with Crippen molar-refractivity contribution in [3.8, 4) is 6.07 Å². The predicted octanol–water partition coefficient (Wildman–Crippen LogP) is 0.608. The average molecular weight is 202 g/mol. The summed E-state index contributed by atoms with van der Waals surface area (Å²) in [6.45, 7) is 1.73. The fraction of sp³-hybridized carbons (Fsp3) is 0.111. The molecule has 2 aromatic rings. The molecular formula is C9H6N4O2. The van der Waals surface area contributed by atoms with Gasteiger partial charge in [0, 0.05) is 5.69 Å². The van der Waals surface area contributed by atoms with Gasteiger partial charge < -0.3 is 5.11 Å². The van der Waals surface area contributed by atoms with Gasteiger partial charge in [-0.2, -0.15) is 10.4 Å². The number of aromatic nitrogens is 3. The van der Waals surface area contributed by atoms with Crippen molar-refractivity contribution in [2.45, 2.75) is 6.92 Å². The molecule has 0 fully saturated rings. The lowest BCUT2D eigenvalue weighted by atomic mass is 10.3. The fourth-order valence-corrected chi connectivity index (χ4v) is 1.32. The van der Waals surface area contributed by atoms with Crippen molar-refractivity contribution in [2.75, 3.05) is 0 Å². The Kier molecular flexibility index (Phi) is 1.87. The molecule has 0 bridgehead atoms. The second-order valence-corrected chi connectivity index (χ2v) is 2.99. The molecule has 0 aliphatic rings. The van der Waals surface area contributed by atoms with Crippen LogP contribution in [-0.4, -0.2) is 25.7 Å². The van der Waals surface area contributed by atoms with Crippen LogP contribution in [0.3, 0.4) is 0 Å². The molecule has 0 saturated carbocycles. The molecule has 0 unspecified atom stereocenters. The summed E-state index contributed by atoms with van der Waals surface area (Å²) in [6, 6.07) is 3.42. The van der Waals surface area contributed by atoms with E-state index in [9.17, 15) is 4.79 Å². The number of aryl methyl sites for hydroxylation is 1. The van der Waals surface area contributed by atoms with Gasteiger partial charge in [-0.1, -0.05) is 0 Å². The van der Waals surface area contributed by atoms with Gasteiger partial charge in [0.1, 0.15) is 17.3 Å². The minimum absolute atomic E-state index is 0.00444. The molecule has 1 N–H and O–H groups in total. The standard InChI is InChI=1S/C9H6N4O2/c1-5-2-6(3-10)12-8-7(9(14)15)4-11-13(5)8/h2,4H,1H3,(H,14,15). The van der Waals surface area contributed by atoms with Crippen molar-refractivity contribution in [2.24, 2.45) is 0 Å². The zero-order valence-electron chi connectivity index (χ0n) is 7.80. The number of nitrogens with zero attached hydrogens (tertiary/aromatic N) is 4. The molecule has 74 valence electrons. The summed E-state index contributed by atoms with van der Waals surface area (Å²) < 4.78 is 1.39. The average Bonchev–Trinajstić information content (AvgIpc) is 2.61. The van der Waals surface area contributed by atoms with Gasteiger partial charge in [0.25, 0.3) is 0 Å². The van der Waals surface area contributed by atoms with Crippen molar-refractivity contribution >= 4 is 11.6 Å². The topological polar surface area (TPSA) is 91.3 Å². The molecule has 0 aliphatic carbocycles. The van der Waals surface area contributed by atoms with Crippen LogP contribution in [0, 0.1) is 18.3 Å². The highest BCUT2D eigenvalue weighted by Crippen LogP contribution is 2.11. The molecule has 2 heterocycles. The maximum absolute atomic E-state index is 10.8.